The third-order valence-electron chi connectivity index (χ3n) is 5.49. The highest BCUT2D eigenvalue weighted by Crippen LogP contribution is 2.29. The van der Waals surface area contributed by atoms with E-state index in [1.54, 1.807) is 0 Å². The van der Waals surface area contributed by atoms with Gasteiger partial charge in [0.05, 0.1) is 26.4 Å². The summed E-state index contributed by atoms with van der Waals surface area (Å²) >= 11 is 0. The molecule has 2 fully saturated rings. The van der Waals surface area contributed by atoms with Crippen molar-refractivity contribution in [3.05, 3.63) is 35.4 Å². The lowest BCUT2D eigenvalue weighted by Crippen LogP contribution is -2.33. The molecule has 158 valence electrons. The molecule has 4 nitrogen and oxygen atoms in total. The van der Waals surface area contributed by atoms with Crippen LogP contribution >= 0.6 is 0 Å². The largest absolute Gasteiger partial charge is 0.352 e. The minimum absolute atomic E-state index is 0.143. The van der Waals surface area contributed by atoms with Crippen LogP contribution in [0.25, 0.3) is 0 Å². The van der Waals surface area contributed by atoms with Crippen LogP contribution in [0.3, 0.4) is 0 Å². The summed E-state index contributed by atoms with van der Waals surface area (Å²) < 4.78 is 49.5. The summed E-state index contributed by atoms with van der Waals surface area (Å²) in [5.41, 5.74) is 0.501. The van der Waals surface area contributed by atoms with Crippen LogP contribution in [0.15, 0.2) is 18.2 Å². The van der Waals surface area contributed by atoms with Crippen molar-refractivity contribution in [3.8, 4) is 0 Å². The quantitative estimate of drug-likeness (QED) is 0.524. The molecule has 1 aromatic rings. The molecule has 0 aliphatic carbocycles. The third kappa shape index (κ3) is 6.48. The Morgan fingerprint density at radius 3 is 2.14 bits per heavy atom. The number of rotatable bonds is 9. The van der Waals surface area contributed by atoms with Gasteiger partial charge in [-0.05, 0) is 31.4 Å². The molecule has 0 unspecified atom stereocenters. The molecule has 0 radical (unpaired) electrons. The lowest BCUT2D eigenvalue weighted by Gasteiger charge is -2.32. The van der Waals surface area contributed by atoms with E-state index in [-0.39, 0.29) is 12.2 Å². The van der Waals surface area contributed by atoms with Gasteiger partial charge in [-0.3, -0.25) is 0 Å². The van der Waals surface area contributed by atoms with Crippen molar-refractivity contribution in [2.24, 2.45) is 11.8 Å². The minimum atomic E-state index is -0.887. The van der Waals surface area contributed by atoms with E-state index in [4.69, 9.17) is 18.9 Å². The molecule has 1 aromatic carbocycles. The van der Waals surface area contributed by atoms with Gasteiger partial charge in [0.25, 0.3) is 0 Å². The molecule has 28 heavy (non-hydrogen) atoms. The predicted octanol–water partition coefficient (Wildman–Crippen LogP) is 5.37. The number of unbranched alkanes of at least 4 members (excludes halogenated alkanes) is 3. The number of benzene rings is 1. The first-order valence-corrected chi connectivity index (χ1v) is 10.6. The molecule has 0 saturated carbocycles. The van der Waals surface area contributed by atoms with Crippen LogP contribution < -0.4 is 0 Å². The minimum Gasteiger partial charge on any atom is -0.352 e. The van der Waals surface area contributed by atoms with Gasteiger partial charge in [0.1, 0.15) is 0 Å². The molecule has 3 rings (SSSR count). The molecule has 2 aliphatic heterocycles. The Bertz CT molecular complexity index is 582. The molecule has 0 N–H and O–H groups in total. The molecule has 0 bridgehead atoms. The van der Waals surface area contributed by atoms with E-state index in [0.717, 1.165) is 38.2 Å². The number of hydrogen-bond donors (Lipinski definition) is 0. The van der Waals surface area contributed by atoms with Gasteiger partial charge >= 0.3 is 0 Å². The van der Waals surface area contributed by atoms with Crippen molar-refractivity contribution < 1.29 is 27.7 Å². The van der Waals surface area contributed by atoms with Crippen LogP contribution in [0.1, 0.15) is 63.7 Å². The van der Waals surface area contributed by atoms with Crippen molar-refractivity contribution in [2.75, 3.05) is 26.4 Å². The maximum Gasteiger partial charge on any atom is 0.183 e. The summed E-state index contributed by atoms with van der Waals surface area (Å²) in [5.74, 6) is -0.984. The van der Waals surface area contributed by atoms with Gasteiger partial charge in [0.2, 0.25) is 0 Å². The van der Waals surface area contributed by atoms with Crippen LogP contribution in [-0.2, 0) is 18.9 Å². The van der Waals surface area contributed by atoms with Crippen molar-refractivity contribution in [2.45, 2.75) is 64.4 Å². The highest BCUT2D eigenvalue weighted by Gasteiger charge is 2.27. The Labute approximate surface area is 166 Å². The van der Waals surface area contributed by atoms with Crippen molar-refractivity contribution in [1.29, 1.82) is 0 Å². The molecule has 0 aromatic heterocycles. The van der Waals surface area contributed by atoms with Crippen LogP contribution in [0.5, 0.6) is 0 Å². The molecule has 0 amide bonds. The van der Waals surface area contributed by atoms with Gasteiger partial charge in [-0.25, -0.2) is 8.78 Å². The fourth-order valence-electron chi connectivity index (χ4n) is 3.71. The Morgan fingerprint density at radius 2 is 1.46 bits per heavy atom. The lowest BCUT2D eigenvalue weighted by atomic mass is 10.0. The summed E-state index contributed by atoms with van der Waals surface area (Å²) in [6.45, 7) is 4.84. The fraction of sp³-hybridized carbons (Fsp3) is 0.727. The summed E-state index contributed by atoms with van der Waals surface area (Å²) in [5, 5.41) is 0. The first-order valence-electron chi connectivity index (χ1n) is 10.6. The Hall–Kier alpha value is -1.08. The second-order valence-corrected chi connectivity index (χ2v) is 7.93. The molecule has 2 heterocycles. The van der Waals surface area contributed by atoms with Crippen LogP contribution in [0, 0.1) is 23.5 Å². The van der Waals surface area contributed by atoms with Crippen molar-refractivity contribution >= 4 is 0 Å². The average Bonchev–Trinajstić information content (AvgIpc) is 2.73. The zero-order valence-electron chi connectivity index (χ0n) is 16.7. The predicted molar refractivity (Wildman–Crippen MR) is 102 cm³/mol. The summed E-state index contributed by atoms with van der Waals surface area (Å²) in [6, 6.07) is 3.72. The fourth-order valence-corrected chi connectivity index (χ4v) is 3.71. The monoisotopic (exact) mass is 398 g/mol. The number of ether oxygens (including phenoxy) is 4. The summed E-state index contributed by atoms with van der Waals surface area (Å²) in [7, 11) is 0. The second kappa shape index (κ2) is 11.2. The van der Waals surface area contributed by atoms with Gasteiger partial charge < -0.3 is 18.9 Å². The van der Waals surface area contributed by atoms with Gasteiger partial charge in [-0.15, -0.1) is 0 Å². The molecular formula is C22H32F2O4. The van der Waals surface area contributed by atoms with Gasteiger partial charge in [-0.2, -0.15) is 0 Å². The van der Waals surface area contributed by atoms with Crippen LogP contribution in [0.4, 0.5) is 8.78 Å². The normalized spacial score (nSPS) is 28.4. The van der Waals surface area contributed by atoms with Crippen molar-refractivity contribution in [3.63, 3.8) is 0 Å². The smallest absolute Gasteiger partial charge is 0.183 e. The van der Waals surface area contributed by atoms with Gasteiger partial charge in [0, 0.05) is 17.4 Å². The summed E-state index contributed by atoms with van der Waals surface area (Å²) in [6.07, 6.45) is 7.22. The van der Waals surface area contributed by atoms with E-state index in [0.29, 0.717) is 24.7 Å². The third-order valence-corrected chi connectivity index (χ3v) is 5.49. The highest BCUT2D eigenvalue weighted by molar-refractivity contribution is 5.19. The van der Waals surface area contributed by atoms with Gasteiger partial charge in [0.15, 0.2) is 24.2 Å². The standard InChI is InChI=1S/C22H32F2O4/c1-2-3-4-5-6-16-12-25-21(26-13-16)10-7-17-14-27-22(28-15-17)18-8-9-19(23)20(24)11-18/h8-9,11,16-17,21-22H,2-7,10,12-15H2,1H3/t16-,17-,21-,22-. The van der Waals surface area contributed by atoms with E-state index in [1.165, 1.54) is 38.2 Å². The first kappa shape index (κ1) is 21.6. The van der Waals surface area contributed by atoms with E-state index in [9.17, 15) is 8.78 Å². The van der Waals surface area contributed by atoms with Crippen molar-refractivity contribution in [1.82, 2.24) is 0 Å². The Balaban J connectivity index is 1.30. The molecule has 0 atom stereocenters. The maximum atomic E-state index is 13.4. The SMILES string of the molecule is CCCCCC[C@H]1CO[C@H](CC[C@H]2CO[C@H](c3ccc(F)c(F)c3)OC2)OC1. The lowest BCUT2D eigenvalue weighted by molar-refractivity contribution is -0.220. The second-order valence-electron chi connectivity index (χ2n) is 7.93. The number of hydrogen-bond acceptors (Lipinski definition) is 4. The average molecular weight is 398 g/mol. The van der Waals surface area contributed by atoms with Crippen LogP contribution in [0.2, 0.25) is 0 Å². The maximum absolute atomic E-state index is 13.4. The Kier molecular flexibility index (Phi) is 8.65. The first-order chi connectivity index (χ1) is 13.7. The van der Waals surface area contributed by atoms with E-state index < -0.39 is 17.9 Å². The van der Waals surface area contributed by atoms with E-state index in [2.05, 4.69) is 6.92 Å². The molecule has 6 heteroatoms. The molecule has 0 spiro atoms. The Morgan fingerprint density at radius 1 is 0.786 bits per heavy atom. The number of halogens is 2. The van der Waals surface area contributed by atoms with Crippen LogP contribution in [-0.4, -0.2) is 32.7 Å². The highest BCUT2D eigenvalue weighted by atomic mass is 19.2. The topological polar surface area (TPSA) is 36.9 Å². The molecule has 2 saturated heterocycles. The molecular weight excluding hydrogens is 366 g/mol. The molecule has 2 aliphatic rings. The summed E-state index contributed by atoms with van der Waals surface area (Å²) in [4.78, 5) is 0. The zero-order chi connectivity index (χ0) is 19.8. The van der Waals surface area contributed by atoms with Gasteiger partial charge in [-0.1, -0.05) is 38.7 Å². The van der Waals surface area contributed by atoms with E-state index in [1.807, 2.05) is 0 Å². The zero-order valence-corrected chi connectivity index (χ0v) is 16.7. The van der Waals surface area contributed by atoms with E-state index >= 15 is 0 Å².